The van der Waals surface area contributed by atoms with Crippen molar-refractivity contribution < 1.29 is 0 Å². The van der Waals surface area contributed by atoms with Gasteiger partial charge < -0.3 is 4.90 Å². The molecule has 0 fully saturated rings. The predicted octanol–water partition coefficient (Wildman–Crippen LogP) is 4.86. The van der Waals surface area contributed by atoms with Gasteiger partial charge in [-0.3, -0.25) is 0 Å². The van der Waals surface area contributed by atoms with Crippen LogP contribution in [-0.4, -0.2) is 18.5 Å². The second-order valence-electron chi connectivity index (χ2n) is 5.30. The molecule has 1 aliphatic heterocycles. The fraction of sp³-hybridized carbons (Fsp3) is 0.250. The number of likely N-dealkylation sites (N-methyl/N-ethyl adjacent to an activating group) is 1. The Morgan fingerprint density at radius 3 is 2.75 bits per heavy atom. The topological polar surface area (TPSA) is 3.24 Å². The van der Waals surface area contributed by atoms with Crippen LogP contribution in [0, 0.1) is 0 Å². The molecule has 0 unspecified atom stereocenters. The first kappa shape index (κ1) is 14.3. The van der Waals surface area contributed by atoms with E-state index in [1.165, 1.54) is 16.7 Å². The van der Waals surface area contributed by atoms with Gasteiger partial charge in [0.25, 0.3) is 0 Å². The third-order valence-corrected chi connectivity index (χ3v) is 4.60. The van der Waals surface area contributed by atoms with E-state index in [9.17, 15) is 0 Å². The third-order valence-electron chi connectivity index (χ3n) is 3.77. The lowest BCUT2D eigenvalue weighted by molar-refractivity contribution is 0.295. The lowest BCUT2D eigenvalue weighted by Crippen LogP contribution is -2.31. The van der Waals surface area contributed by atoms with E-state index in [1.807, 2.05) is 24.3 Å². The van der Waals surface area contributed by atoms with Gasteiger partial charge in [-0.05, 0) is 48.0 Å². The van der Waals surface area contributed by atoms with Gasteiger partial charge in [-0.2, -0.15) is 0 Å². The SMILES string of the molecule is CN1Cc2c(Cl)cc(Cl)cc2[C@H](c2cccc(S)c2)C1. The van der Waals surface area contributed by atoms with Crippen molar-refractivity contribution in [1.29, 1.82) is 0 Å². The number of thiol groups is 1. The summed E-state index contributed by atoms with van der Waals surface area (Å²) in [5, 5.41) is 1.46. The van der Waals surface area contributed by atoms with Crippen molar-refractivity contribution in [3.8, 4) is 0 Å². The van der Waals surface area contributed by atoms with Crippen LogP contribution in [0.5, 0.6) is 0 Å². The maximum atomic E-state index is 6.37. The molecule has 3 rings (SSSR count). The average molecular weight is 324 g/mol. The van der Waals surface area contributed by atoms with E-state index >= 15 is 0 Å². The van der Waals surface area contributed by atoms with Crippen LogP contribution in [-0.2, 0) is 6.54 Å². The Labute approximate surface area is 134 Å². The molecule has 1 nitrogen and oxygen atoms in total. The minimum atomic E-state index is 0.284. The highest BCUT2D eigenvalue weighted by molar-refractivity contribution is 7.80. The molecule has 0 aromatic heterocycles. The van der Waals surface area contributed by atoms with Gasteiger partial charge in [0.15, 0.2) is 0 Å². The van der Waals surface area contributed by atoms with Crippen molar-refractivity contribution in [3.05, 3.63) is 63.1 Å². The van der Waals surface area contributed by atoms with Gasteiger partial charge in [0, 0.05) is 33.9 Å². The van der Waals surface area contributed by atoms with Gasteiger partial charge >= 0.3 is 0 Å². The number of fused-ring (bicyclic) bond motifs is 1. The Bertz CT molecular complexity index is 657. The van der Waals surface area contributed by atoms with Crippen molar-refractivity contribution in [1.82, 2.24) is 4.90 Å². The van der Waals surface area contributed by atoms with E-state index in [0.29, 0.717) is 5.02 Å². The Morgan fingerprint density at radius 1 is 1.20 bits per heavy atom. The summed E-state index contributed by atoms with van der Waals surface area (Å²) < 4.78 is 0. The second-order valence-corrected chi connectivity index (χ2v) is 6.66. The van der Waals surface area contributed by atoms with Gasteiger partial charge in [0.05, 0.1) is 0 Å². The molecule has 0 radical (unpaired) electrons. The lowest BCUT2D eigenvalue weighted by atomic mass is 9.85. The first-order valence-electron chi connectivity index (χ1n) is 6.50. The normalized spacial score (nSPS) is 18.9. The maximum absolute atomic E-state index is 6.37. The first-order chi connectivity index (χ1) is 9.54. The van der Waals surface area contributed by atoms with Gasteiger partial charge in [-0.1, -0.05) is 35.3 Å². The van der Waals surface area contributed by atoms with Gasteiger partial charge in [-0.15, -0.1) is 12.6 Å². The molecule has 4 heteroatoms. The Kier molecular flexibility index (Phi) is 4.00. The summed E-state index contributed by atoms with van der Waals surface area (Å²) >= 11 is 17.0. The summed E-state index contributed by atoms with van der Waals surface area (Å²) in [4.78, 5) is 3.27. The van der Waals surface area contributed by atoms with Gasteiger partial charge in [0.2, 0.25) is 0 Å². The third kappa shape index (κ3) is 2.71. The molecular weight excluding hydrogens is 309 g/mol. The fourth-order valence-electron chi connectivity index (χ4n) is 2.87. The molecular formula is C16H15Cl2NS. The van der Waals surface area contributed by atoms with Crippen LogP contribution < -0.4 is 0 Å². The number of benzene rings is 2. The van der Waals surface area contributed by atoms with Crippen LogP contribution >= 0.6 is 35.8 Å². The van der Waals surface area contributed by atoms with Gasteiger partial charge in [-0.25, -0.2) is 0 Å². The molecule has 20 heavy (non-hydrogen) atoms. The zero-order valence-corrected chi connectivity index (χ0v) is 13.5. The Hall–Kier alpha value is -0.670. The number of nitrogens with zero attached hydrogens (tertiary/aromatic N) is 1. The predicted molar refractivity (Wildman–Crippen MR) is 88.3 cm³/mol. The molecule has 0 N–H and O–H groups in total. The fourth-order valence-corrected chi connectivity index (χ4v) is 3.68. The smallest absolute Gasteiger partial charge is 0.0468 e. The van der Waals surface area contributed by atoms with Gasteiger partial charge in [0.1, 0.15) is 0 Å². The summed E-state index contributed by atoms with van der Waals surface area (Å²) in [7, 11) is 2.12. The quantitative estimate of drug-likeness (QED) is 0.733. The molecule has 2 aromatic rings. The van der Waals surface area contributed by atoms with E-state index in [-0.39, 0.29) is 5.92 Å². The number of hydrogen-bond acceptors (Lipinski definition) is 2. The molecule has 0 saturated carbocycles. The highest BCUT2D eigenvalue weighted by Crippen LogP contribution is 2.38. The monoisotopic (exact) mass is 323 g/mol. The van der Waals surface area contributed by atoms with Crippen LogP contribution in [0.2, 0.25) is 10.0 Å². The molecule has 0 bridgehead atoms. The standard InChI is InChI=1S/C16H15Cl2NS/c1-19-8-14(10-3-2-4-12(20)5-10)13-6-11(17)7-16(18)15(13)9-19/h2-7,14,20H,8-9H2,1H3/t14-/m0/s1. The largest absolute Gasteiger partial charge is 0.301 e. The number of halogens is 2. The van der Waals surface area contributed by atoms with Crippen molar-refractivity contribution in [2.45, 2.75) is 17.4 Å². The van der Waals surface area contributed by atoms with E-state index in [1.54, 1.807) is 0 Å². The summed E-state index contributed by atoms with van der Waals surface area (Å²) in [6.07, 6.45) is 0. The summed E-state index contributed by atoms with van der Waals surface area (Å²) in [5.74, 6) is 0.284. The lowest BCUT2D eigenvalue weighted by Gasteiger charge is -2.33. The number of hydrogen-bond donors (Lipinski definition) is 1. The van der Waals surface area contributed by atoms with E-state index in [2.05, 4.69) is 36.7 Å². The highest BCUT2D eigenvalue weighted by Gasteiger charge is 2.26. The number of rotatable bonds is 1. The van der Waals surface area contributed by atoms with Crippen molar-refractivity contribution in [2.75, 3.05) is 13.6 Å². The summed E-state index contributed by atoms with van der Waals surface area (Å²) in [5.41, 5.74) is 3.67. The molecule has 2 aromatic carbocycles. The molecule has 1 aliphatic rings. The molecule has 0 aliphatic carbocycles. The van der Waals surface area contributed by atoms with Crippen LogP contribution in [0.25, 0.3) is 0 Å². The summed E-state index contributed by atoms with van der Waals surface area (Å²) in [6, 6.07) is 12.2. The Morgan fingerprint density at radius 2 is 2.00 bits per heavy atom. The molecule has 1 atom stereocenters. The maximum Gasteiger partial charge on any atom is 0.0468 e. The average Bonchev–Trinajstić information content (AvgIpc) is 2.39. The van der Waals surface area contributed by atoms with Crippen LogP contribution in [0.1, 0.15) is 22.6 Å². The van der Waals surface area contributed by atoms with E-state index < -0.39 is 0 Å². The van der Waals surface area contributed by atoms with Crippen LogP contribution in [0.4, 0.5) is 0 Å². The molecule has 0 spiro atoms. The molecule has 0 amide bonds. The highest BCUT2D eigenvalue weighted by atomic mass is 35.5. The zero-order chi connectivity index (χ0) is 14.3. The van der Waals surface area contributed by atoms with Crippen molar-refractivity contribution in [3.63, 3.8) is 0 Å². The van der Waals surface area contributed by atoms with E-state index in [0.717, 1.165) is 23.0 Å². The molecule has 104 valence electrons. The first-order valence-corrected chi connectivity index (χ1v) is 7.70. The van der Waals surface area contributed by atoms with Crippen LogP contribution in [0.3, 0.4) is 0 Å². The van der Waals surface area contributed by atoms with Crippen LogP contribution in [0.15, 0.2) is 41.3 Å². The van der Waals surface area contributed by atoms with E-state index in [4.69, 9.17) is 23.2 Å². The second kappa shape index (κ2) is 5.61. The molecule has 1 heterocycles. The zero-order valence-electron chi connectivity index (χ0n) is 11.1. The Balaban J connectivity index is 2.15. The molecule has 0 saturated heterocycles. The summed E-state index contributed by atoms with van der Waals surface area (Å²) in [6.45, 7) is 1.82. The van der Waals surface area contributed by atoms with Crippen molar-refractivity contribution in [2.24, 2.45) is 0 Å². The van der Waals surface area contributed by atoms with Crippen molar-refractivity contribution >= 4 is 35.8 Å². The minimum absolute atomic E-state index is 0.284. The minimum Gasteiger partial charge on any atom is -0.301 e.